The van der Waals surface area contributed by atoms with Gasteiger partial charge in [0.05, 0.1) is 18.3 Å². The minimum Gasteiger partial charge on any atom is -0.487 e. The Morgan fingerprint density at radius 1 is 0.929 bits per heavy atom. The Morgan fingerprint density at radius 3 is 2.31 bits per heavy atom. The van der Waals surface area contributed by atoms with Crippen LogP contribution < -0.4 is 4.74 Å². The van der Waals surface area contributed by atoms with E-state index in [-0.39, 0.29) is 6.61 Å². The Hall–Kier alpha value is -4.27. The van der Waals surface area contributed by atoms with Crippen molar-refractivity contribution in [1.29, 1.82) is 0 Å². The number of hydrogen-bond donors (Lipinski definition) is 0. The maximum absolute atomic E-state index is 16.5. The van der Waals surface area contributed by atoms with E-state index in [1.54, 1.807) is 4.68 Å². The number of hydrogen-bond acceptors (Lipinski definition) is 3. The van der Waals surface area contributed by atoms with Crippen molar-refractivity contribution in [2.45, 2.75) is 67.5 Å². The third-order valence-electron chi connectivity index (χ3n) is 8.80. The van der Waals surface area contributed by atoms with Gasteiger partial charge in [-0.25, -0.2) is 4.68 Å². The molecule has 2 aliphatic rings. The fourth-order valence-corrected chi connectivity index (χ4v) is 6.88. The molecule has 0 amide bonds. The number of allylic oxidation sites excluding steroid dienone is 2. The molecule has 0 bridgehead atoms. The minimum absolute atomic E-state index is 0.279. The number of nitrogens with zero attached hydrogens (tertiary/aromatic N) is 5. The molecule has 2 aliphatic heterocycles. The monoisotopic (exact) mass is 567 g/mol. The fourth-order valence-electron chi connectivity index (χ4n) is 6.88. The average molecular weight is 567 g/mol. The van der Waals surface area contributed by atoms with E-state index in [0.717, 1.165) is 44.7 Å². The lowest BCUT2D eigenvalue weighted by atomic mass is 9.83. The number of halogens is 2. The van der Waals surface area contributed by atoms with Crippen LogP contribution in [0.4, 0.5) is 8.63 Å². The van der Waals surface area contributed by atoms with Crippen molar-refractivity contribution in [1.82, 2.24) is 19.5 Å². The number of fused-ring (bicyclic) bond motifs is 2. The first-order valence-electron chi connectivity index (χ1n) is 14.6. The first-order valence-corrected chi connectivity index (χ1v) is 14.6. The second-order valence-corrected chi connectivity index (χ2v) is 11.2. The second-order valence-electron chi connectivity index (χ2n) is 11.2. The van der Waals surface area contributed by atoms with Gasteiger partial charge in [-0.15, -0.1) is 5.10 Å². The maximum atomic E-state index is 16.5. The predicted octanol–water partition coefficient (Wildman–Crippen LogP) is 7.10. The Labute approximate surface area is 245 Å². The fraction of sp³-hybridized carbons (Fsp3) is 0.303. The van der Waals surface area contributed by atoms with Gasteiger partial charge in [0.2, 0.25) is 0 Å². The lowest BCUT2D eigenvalue weighted by Crippen LogP contribution is -2.51. The summed E-state index contributed by atoms with van der Waals surface area (Å²) >= 11 is 0. The molecule has 0 saturated heterocycles. The van der Waals surface area contributed by atoms with Gasteiger partial charge in [0, 0.05) is 23.8 Å². The van der Waals surface area contributed by atoms with E-state index < -0.39 is 6.97 Å². The predicted molar refractivity (Wildman–Crippen MR) is 163 cm³/mol. The minimum atomic E-state index is -4.04. The van der Waals surface area contributed by atoms with E-state index in [2.05, 4.69) is 22.4 Å². The van der Waals surface area contributed by atoms with Crippen molar-refractivity contribution in [3.05, 3.63) is 117 Å². The van der Waals surface area contributed by atoms with Crippen molar-refractivity contribution >= 4 is 18.3 Å². The van der Waals surface area contributed by atoms with Crippen LogP contribution in [0.5, 0.6) is 5.75 Å². The maximum Gasteiger partial charge on any atom is 0.737 e. The van der Waals surface area contributed by atoms with E-state index in [1.165, 1.54) is 8.96 Å². The zero-order valence-corrected chi connectivity index (χ0v) is 25.1. The van der Waals surface area contributed by atoms with Gasteiger partial charge >= 0.3 is 6.97 Å². The number of benzene rings is 2. The van der Waals surface area contributed by atoms with Crippen LogP contribution >= 0.6 is 0 Å². The number of rotatable bonds is 8. The van der Waals surface area contributed by atoms with Gasteiger partial charge in [-0.1, -0.05) is 61.5 Å². The van der Waals surface area contributed by atoms with Gasteiger partial charge < -0.3 is 22.3 Å². The highest BCUT2D eigenvalue weighted by Crippen LogP contribution is 2.47. The van der Waals surface area contributed by atoms with E-state index in [1.807, 2.05) is 90.2 Å². The molecule has 0 N–H and O–H groups in total. The molecule has 216 valence electrons. The third-order valence-corrected chi connectivity index (χ3v) is 8.80. The summed E-state index contributed by atoms with van der Waals surface area (Å²) in [7, 11) is 0. The molecule has 0 spiro atoms. The van der Waals surface area contributed by atoms with E-state index >= 15 is 8.63 Å². The largest absolute Gasteiger partial charge is 0.737 e. The van der Waals surface area contributed by atoms with Crippen LogP contribution in [0, 0.1) is 13.8 Å². The zero-order valence-electron chi connectivity index (χ0n) is 25.1. The first-order chi connectivity index (χ1) is 20.2. The highest BCUT2D eigenvalue weighted by molar-refractivity contribution is 6.58. The molecule has 0 aliphatic carbocycles. The summed E-state index contributed by atoms with van der Waals surface area (Å²) in [6.07, 6.45) is 3.29. The molecule has 0 saturated carbocycles. The molecule has 2 aromatic heterocycles. The van der Waals surface area contributed by atoms with Gasteiger partial charge in [0.15, 0.2) is 5.70 Å². The van der Waals surface area contributed by atoms with E-state index in [9.17, 15) is 0 Å². The summed E-state index contributed by atoms with van der Waals surface area (Å²) in [4.78, 5) is 0. The summed E-state index contributed by atoms with van der Waals surface area (Å²) < 4.78 is 43.4. The SMILES string of the molecule is CCC1=C(C)C2=C(c3ccc(OCc4cn(Cc5ccccc5)nn4)cc3)c3c(C)c(CC)c(C)n3[B-](F)(F)[N+]2=C1C. The van der Waals surface area contributed by atoms with Crippen molar-refractivity contribution in [3.8, 4) is 5.75 Å². The molecule has 0 unspecified atom stereocenters. The molecule has 4 aromatic rings. The Kier molecular flexibility index (Phi) is 6.99. The molecular weight excluding hydrogens is 531 g/mol. The van der Waals surface area contributed by atoms with Crippen LogP contribution in [0.3, 0.4) is 0 Å². The standard InChI is InChI=1S/C33H36BF2N5O/c1-7-29-21(3)32-31(33-22(4)30(8-2)24(6)41(33)34(35,36)40(32)23(29)5)26-14-16-28(17-15-26)42-20-27-19-39(38-37-27)18-25-12-10-9-11-13-25/h9-17,19H,7-8,18,20H2,1-6H3. The molecular formula is C33H36BF2N5O. The van der Waals surface area contributed by atoms with Crippen LogP contribution in [0.15, 0.2) is 77.6 Å². The topological polar surface area (TPSA) is 47.9 Å². The van der Waals surface area contributed by atoms with Crippen molar-refractivity contribution < 1.29 is 17.9 Å². The second kappa shape index (κ2) is 10.5. The molecule has 4 heterocycles. The molecule has 2 aromatic carbocycles. The van der Waals surface area contributed by atoms with Gasteiger partial charge in [0.1, 0.15) is 23.8 Å². The lowest BCUT2D eigenvalue weighted by molar-refractivity contribution is -0.363. The normalized spacial score (nSPS) is 15.9. The van der Waals surface area contributed by atoms with Crippen LogP contribution in [0.2, 0.25) is 0 Å². The Balaban J connectivity index is 1.34. The quantitative estimate of drug-likeness (QED) is 0.214. The number of aromatic nitrogens is 4. The van der Waals surface area contributed by atoms with E-state index in [4.69, 9.17) is 4.74 Å². The molecule has 42 heavy (non-hydrogen) atoms. The molecule has 6 nitrogen and oxygen atoms in total. The average Bonchev–Trinajstić information content (AvgIpc) is 3.61. The van der Waals surface area contributed by atoms with Gasteiger partial charge in [-0.2, -0.15) is 0 Å². The molecule has 6 rings (SSSR count). The van der Waals surface area contributed by atoms with Gasteiger partial charge in [0.25, 0.3) is 0 Å². The van der Waals surface area contributed by atoms with Crippen LogP contribution in [-0.2, 0) is 19.6 Å². The molecule has 9 heteroatoms. The van der Waals surface area contributed by atoms with Crippen molar-refractivity contribution in [3.63, 3.8) is 0 Å². The summed E-state index contributed by atoms with van der Waals surface area (Å²) in [6.45, 7) is 8.56. The lowest BCUT2D eigenvalue weighted by Gasteiger charge is -2.34. The van der Waals surface area contributed by atoms with E-state index in [0.29, 0.717) is 47.9 Å². The summed E-state index contributed by atoms with van der Waals surface area (Å²) in [5, 5.41) is 8.47. The smallest absolute Gasteiger partial charge is 0.487 e. The first kappa shape index (κ1) is 27.9. The molecule has 0 atom stereocenters. The summed E-state index contributed by atoms with van der Waals surface area (Å²) in [5.41, 5.74) is 9.95. The summed E-state index contributed by atoms with van der Waals surface area (Å²) in [5.74, 6) is 0.678. The zero-order chi connectivity index (χ0) is 29.8. The van der Waals surface area contributed by atoms with Crippen LogP contribution in [0.25, 0.3) is 5.57 Å². The van der Waals surface area contributed by atoms with Gasteiger partial charge in [-0.3, -0.25) is 0 Å². The molecule has 0 radical (unpaired) electrons. The van der Waals surface area contributed by atoms with Gasteiger partial charge in [-0.05, 0) is 73.7 Å². The van der Waals surface area contributed by atoms with Crippen molar-refractivity contribution in [2.75, 3.05) is 0 Å². The van der Waals surface area contributed by atoms with Crippen LogP contribution in [0.1, 0.15) is 73.5 Å². The Bertz CT molecular complexity index is 1780. The third kappa shape index (κ3) is 4.33. The highest BCUT2D eigenvalue weighted by Gasteiger charge is 2.56. The van der Waals surface area contributed by atoms with Crippen molar-refractivity contribution in [2.24, 2.45) is 0 Å². The summed E-state index contributed by atoms with van der Waals surface area (Å²) in [6, 6.07) is 17.9. The van der Waals surface area contributed by atoms with Crippen LogP contribution in [-0.4, -0.2) is 36.6 Å². The number of ether oxygens (including phenoxy) is 1. The molecule has 0 fully saturated rings. The Morgan fingerprint density at radius 2 is 1.64 bits per heavy atom. The highest BCUT2D eigenvalue weighted by atomic mass is 19.2.